The van der Waals surface area contributed by atoms with Crippen LogP contribution in [0.15, 0.2) is 29.6 Å². The van der Waals surface area contributed by atoms with Crippen molar-refractivity contribution in [2.45, 2.75) is 6.42 Å². The Morgan fingerprint density at radius 3 is 2.94 bits per heavy atom. The van der Waals surface area contributed by atoms with Crippen molar-refractivity contribution in [3.05, 3.63) is 34.5 Å². The summed E-state index contributed by atoms with van der Waals surface area (Å²) < 4.78 is 10.6. The number of hydrogen-bond donors (Lipinski definition) is 1. The Morgan fingerprint density at radius 2 is 2.24 bits per heavy atom. The quantitative estimate of drug-likeness (QED) is 0.885. The van der Waals surface area contributed by atoms with E-state index < -0.39 is 0 Å². The summed E-state index contributed by atoms with van der Waals surface area (Å²) in [5.74, 6) is 0.936. The van der Waals surface area contributed by atoms with Gasteiger partial charge in [-0.1, -0.05) is 6.07 Å². The molecule has 0 saturated heterocycles. The van der Waals surface area contributed by atoms with Crippen LogP contribution < -0.4 is 15.2 Å². The van der Waals surface area contributed by atoms with Crippen LogP contribution in [0.25, 0.3) is 0 Å². The van der Waals surface area contributed by atoms with Crippen LogP contribution in [0.5, 0.6) is 11.8 Å². The predicted molar refractivity (Wildman–Crippen MR) is 68.7 cm³/mol. The third kappa shape index (κ3) is 3.10. The van der Waals surface area contributed by atoms with Crippen molar-refractivity contribution in [2.24, 2.45) is 0 Å². The van der Waals surface area contributed by atoms with Crippen molar-refractivity contribution in [3.63, 3.8) is 0 Å². The summed E-state index contributed by atoms with van der Waals surface area (Å²) in [7, 11) is 1.56. The topological polar surface area (TPSA) is 57.4 Å². The maximum absolute atomic E-state index is 5.76. The van der Waals surface area contributed by atoms with Gasteiger partial charge in [0.2, 0.25) is 11.8 Å². The average molecular weight is 250 g/mol. The molecular formula is C12H14N2O2S. The van der Waals surface area contributed by atoms with E-state index in [4.69, 9.17) is 15.2 Å². The third-order valence-corrected chi connectivity index (χ3v) is 3.18. The second-order valence-electron chi connectivity index (χ2n) is 3.43. The fourth-order valence-electron chi connectivity index (χ4n) is 1.37. The number of methoxy groups -OCH3 is 1. The van der Waals surface area contributed by atoms with Crippen LogP contribution in [0.2, 0.25) is 0 Å². The van der Waals surface area contributed by atoms with Crippen LogP contribution in [0, 0.1) is 0 Å². The Bertz CT molecular complexity index is 471. The van der Waals surface area contributed by atoms with Crippen LogP contribution in [-0.4, -0.2) is 18.7 Å². The zero-order chi connectivity index (χ0) is 12.1. The van der Waals surface area contributed by atoms with E-state index in [1.54, 1.807) is 30.6 Å². The van der Waals surface area contributed by atoms with Gasteiger partial charge in [0.1, 0.15) is 0 Å². The first-order valence-corrected chi connectivity index (χ1v) is 6.13. The Hall–Kier alpha value is -1.75. The van der Waals surface area contributed by atoms with Crippen LogP contribution in [0.1, 0.15) is 4.88 Å². The minimum atomic E-state index is 0.431. The molecule has 0 atom stereocenters. The molecule has 90 valence electrons. The summed E-state index contributed by atoms with van der Waals surface area (Å²) in [6.07, 6.45) is 0.857. The van der Waals surface area contributed by atoms with Gasteiger partial charge in [-0.25, -0.2) is 0 Å². The number of thiophene rings is 1. The van der Waals surface area contributed by atoms with E-state index in [2.05, 4.69) is 11.1 Å². The SMILES string of the molecule is COc1ccc(N)c(OCCc2cccs2)n1. The molecule has 0 aliphatic rings. The Kier molecular flexibility index (Phi) is 3.82. The molecule has 0 radical (unpaired) electrons. The third-order valence-electron chi connectivity index (χ3n) is 2.24. The van der Waals surface area contributed by atoms with Gasteiger partial charge in [-0.2, -0.15) is 4.98 Å². The average Bonchev–Trinajstić information content (AvgIpc) is 2.84. The van der Waals surface area contributed by atoms with Gasteiger partial charge in [-0.3, -0.25) is 0 Å². The van der Waals surface area contributed by atoms with E-state index in [-0.39, 0.29) is 0 Å². The Balaban J connectivity index is 1.94. The zero-order valence-electron chi connectivity index (χ0n) is 9.55. The van der Waals surface area contributed by atoms with Crippen LogP contribution in [-0.2, 0) is 6.42 Å². The van der Waals surface area contributed by atoms with Crippen LogP contribution in [0.4, 0.5) is 5.69 Å². The first-order valence-electron chi connectivity index (χ1n) is 5.25. The number of hydrogen-bond acceptors (Lipinski definition) is 5. The number of pyridine rings is 1. The standard InChI is InChI=1S/C12H14N2O2S/c1-15-11-5-4-10(13)12(14-11)16-7-6-9-3-2-8-17-9/h2-5,8H,6-7,13H2,1H3. The highest BCUT2D eigenvalue weighted by molar-refractivity contribution is 7.09. The lowest BCUT2D eigenvalue weighted by atomic mass is 10.3. The van der Waals surface area contributed by atoms with Gasteiger partial charge in [0.05, 0.1) is 19.4 Å². The number of nitrogens with two attached hydrogens (primary N) is 1. The molecule has 0 unspecified atom stereocenters. The highest BCUT2D eigenvalue weighted by atomic mass is 32.1. The van der Waals surface area contributed by atoms with Crippen molar-refractivity contribution in [1.29, 1.82) is 0 Å². The summed E-state index contributed by atoms with van der Waals surface area (Å²) in [5.41, 5.74) is 6.29. The molecule has 2 rings (SSSR count). The van der Waals surface area contributed by atoms with E-state index in [1.165, 1.54) is 4.88 Å². The lowest BCUT2D eigenvalue weighted by Crippen LogP contribution is -2.04. The smallest absolute Gasteiger partial charge is 0.240 e. The molecule has 0 amide bonds. The normalized spacial score (nSPS) is 10.2. The minimum absolute atomic E-state index is 0.431. The van der Waals surface area contributed by atoms with Gasteiger partial charge in [-0.15, -0.1) is 11.3 Å². The van der Waals surface area contributed by atoms with E-state index in [0.717, 1.165) is 6.42 Å². The van der Waals surface area contributed by atoms with Crippen molar-refractivity contribution < 1.29 is 9.47 Å². The first-order chi connectivity index (χ1) is 8.29. The highest BCUT2D eigenvalue weighted by Gasteiger charge is 2.04. The van der Waals surface area contributed by atoms with Gasteiger partial charge in [0.25, 0.3) is 0 Å². The molecule has 0 aliphatic carbocycles. The minimum Gasteiger partial charge on any atom is -0.481 e. The summed E-state index contributed by atoms with van der Waals surface area (Å²) in [5, 5.41) is 2.05. The number of anilines is 1. The lowest BCUT2D eigenvalue weighted by Gasteiger charge is -2.08. The highest BCUT2D eigenvalue weighted by Crippen LogP contribution is 2.22. The monoisotopic (exact) mass is 250 g/mol. The van der Waals surface area contributed by atoms with Gasteiger partial charge in [0.15, 0.2) is 0 Å². The van der Waals surface area contributed by atoms with E-state index in [9.17, 15) is 0 Å². The number of ether oxygens (including phenoxy) is 2. The van der Waals surface area contributed by atoms with E-state index >= 15 is 0 Å². The summed E-state index contributed by atoms with van der Waals surface area (Å²) in [6.45, 7) is 0.560. The molecule has 2 aromatic heterocycles. The number of nitrogens with zero attached hydrogens (tertiary/aromatic N) is 1. The molecule has 0 spiro atoms. The van der Waals surface area contributed by atoms with Crippen molar-refractivity contribution >= 4 is 17.0 Å². The number of aromatic nitrogens is 1. The molecule has 0 bridgehead atoms. The molecule has 5 heteroatoms. The molecule has 0 aromatic carbocycles. The number of nitrogen functional groups attached to an aromatic ring is 1. The molecule has 17 heavy (non-hydrogen) atoms. The zero-order valence-corrected chi connectivity index (χ0v) is 10.4. The Labute approximate surface area is 104 Å². The Morgan fingerprint density at radius 1 is 1.35 bits per heavy atom. The second-order valence-corrected chi connectivity index (χ2v) is 4.46. The molecule has 0 aliphatic heterocycles. The maximum Gasteiger partial charge on any atom is 0.240 e. The molecule has 0 fully saturated rings. The summed E-state index contributed by atoms with van der Waals surface area (Å²) in [6, 6.07) is 7.54. The van der Waals surface area contributed by atoms with Crippen molar-refractivity contribution in [3.8, 4) is 11.8 Å². The second kappa shape index (κ2) is 5.54. The molecule has 4 nitrogen and oxygen atoms in total. The van der Waals surface area contributed by atoms with Gasteiger partial charge in [0, 0.05) is 17.4 Å². The molecule has 2 heterocycles. The van der Waals surface area contributed by atoms with E-state index in [0.29, 0.717) is 24.1 Å². The fourth-order valence-corrected chi connectivity index (χ4v) is 2.06. The largest absolute Gasteiger partial charge is 0.481 e. The fraction of sp³-hybridized carbons (Fsp3) is 0.250. The van der Waals surface area contributed by atoms with E-state index in [1.807, 2.05) is 11.4 Å². The summed E-state index contributed by atoms with van der Waals surface area (Å²) >= 11 is 1.71. The van der Waals surface area contributed by atoms with Gasteiger partial charge in [-0.05, 0) is 17.5 Å². The van der Waals surface area contributed by atoms with Crippen molar-refractivity contribution in [2.75, 3.05) is 19.5 Å². The molecule has 2 N–H and O–H groups in total. The molecular weight excluding hydrogens is 236 g/mol. The van der Waals surface area contributed by atoms with Crippen molar-refractivity contribution in [1.82, 2.24) is 4.98 Å². The van der Waals surface area contributed by atoms with Crippen LogP contribution >= 0.6 is 11.3 Å². The predicted octanol–water partition coefficient (Wildman–Crippen LogP) is 2.36. The lowest BCUT2D eigenvalue weighted by molar-refractivity contribution is 0.304. The first kappa shape index (κ1) is 11.7. The maximum atomic E-state index is 5.76. The van der Waals surface area contributed by atoms with Gasteiger partial charge >= 0.3 is 0 Å². The summed E-state index contributed by atoms with van der Waals surface area (Å²) in [4.78, 5) is 5.43. The van der Waals surface area contributed by atoms with Crippen LogP contribution in [0.3, 0.4) is 0 Å². The number of rotatable bonds is 5. The molecule has 2 aromatic rings. The van der Waals surface area contributed by atoms with Gasteiger partial charge < -0.3 is 15.2 Å². The molecule has 0 saturated carbocycles.